The molecule has 0 saturated heterocycles. The molecule has 0 aliphatic rings. The number of hydrogen-bond acceptors (Lipinski definition) is 4. The largest absolute Gasteiger partial charge is 0.462 e. The van der Waals surface area contributed by atoms with Gasteiger partial charge in [0, 0.05) is 0 Å². The van der Waals surface area contributed by atoms with Gasteiger partial charge in [-0.1, -0.05) is 24.3 Å². The Morgan fingerprint density at radius 3 is 1.95 bits per heavy atom. The van der Waals surface area contributed by atoms with E-state index < -0.39 is 11.9 Å². The monoisotopic (exact) mass is 276 g/mol. The van der Waals surface area contributed by atoms with Crippen LogP contribution in [0.15, 0.2) is 29.8 Å². The molecule has 0 radical (unpaired) electrons. The Bertz CT molecular complexity index is 509. The zero-order valence-electron chi connectivity index (χ0n) is 12.4. The highest BCUT2D eigenvalue weighted by atomic mass is 16.6. The first kappa shape index (κ1) is 16.0. The predicted octanol–water partition coefficient (Wildman–Crippen LogP) is 2.89. The second-order valence-corrected chi connectivity index (χ2v) is 4.26. The van der Waals surface area contributed by atoms with Crippen molar-refractivity contribution in [2.45, 2.75) is 27.7 Å². The van der Waals surface area contributed by atoms with Gasteiger partial charge in [0.1, 0.15) is 5.57 Å². The summed E-state index contributed by atoms with van der Waals surface area (Å²) in [6.45, 7) is 7.47. The van der Waals surface area contributed by atoms with Gasteiger partial charge in [0.15, 0.2) is 0 Å². The molecule has 1 aromatic rings. The van der Waals surface area contributed by atoms with Crippen LogP contribution in [0.2, 0.25) is 0 Å². The summed E-state index contributed by atoms with van der Waals surface area (Å²) in [6, 6.07) is 7.55. The third-order valence-electron chi connectivity index (χ3n) is 2.88. The van der Waals surface area contributed by atoms with Gasteiger partial charge in [-0.25, -0.2) is 9.59 Å². The van der Waals surface area contributed by atoms with Crippen molar-refractivity contribution in [3.63, 3.8) is 0 Å². The Labute approximate surface area is 119 Å². The van der Waals surface area contributed by atoms with Crippen molar-refractivity contribution in [3.05, 3.63) is 41.0 Å². The Balaban J connectivity index is 3.33. The molecular weight excluding hydrogens is 256 g/mol. The van der Waals surface area contributed by atoms with E-state index in [-0.39, 0.29) is 18.8 Å². The quantitative estimate of drug-likeness (QED) is 0.359. The summed E-state index contributed by atoms with van der Waals surface area (Å²) in [4.78, 5) is 24.0. The fourth-order valence-corrected chi connectivity index (χ4v) is 1.92. The van der Waals surface area contributed by atoms with Gasteiger partial charge >= 0.3 is 11.9 Å². The highest BCUT2D eigenvalue weighted by Gasteiger charge is 2.25. The minimum atomic E-state index is -0.647. The number of rotatable bonds is 5. The Kier molecular flexibility index (Phi) is 5.97. The smallest absolute Gasteiger partial charge is 0.345 e. The van der Waals surface area contributed by atoms with Gasteiger partial charge in [-0.05, 0) is 44.4 Å². The molecule has 4 heteroatoms. The predicted molar refractivity (Wildman–Crippen MR) is 77.0 cm³/mol. The average molecular weight is 276 g/mol. The Morgan fingerprint density at radius 2 is 1.50 bits per heavy atom. The van der Waals surface area contributed by atoms with Crippen LogP contribution in [-0.4, -0.2) is 25.2 Å². The summed E-state index contributed by atoms with van der Waals surface area (Å²) in [7, 11) is 0. The molecule has 4 nitrogen and oxygen atoms in total. The maximum atomic E-state index is 12.0. The molecule has 0 unspecified atom stereocenters. The fourth-order valence-electron chi connectivity index (χ4n) is 1.92. The minimum Gasteiger partial charge on any atom is -0.462 e. The number of hydrogen-bond donors (Lipinski definition) is 0. The molecule has 108 valence electrons. The van der Waals surface area contributed by atoms with Crippen molar-refractivity contribution in [1.82, 2.24) is 0 Å². The van der Waals surface area contributed by atoms with Gasteiger partial charge in [0.05, 0.1) is 13.2 Å². The summed E-state index contributed by atoms with van der Waals surface area (Å²) in [5, 5.41) is 0. The topological polar surface area (TPSA) is 52.6 Å². The van der Waals surface area contributed by atoms with E-state index in [1.807, 2.05) is 31.2 Å². The SMILES string of the molecule is CCOC(=O)C(C(=O)OCC)=C(C)c1ccccc1C. The van der Waals surface area contributed by atoms with E-state index in [2.05, 4.69) is 0 Å². The molecule has 0 aliphatic heterocycles. The number of aryl methyl sites for hydroxylation is 1. The second-order valence-electron chi connectivity index (χ2n) is 4.26. The third kappa shape index (κ3) is 3.70. The molecular formula is C16H20O4. The number of carbonyl (C=O) groups excluding carboxylic acids is 2. The average Bonchev–Trinajstić information content (AvgIpc) is 2.40. The molecule has 0 fully saturated rings. The number of benzene rings is 1. The van der Waals surface area contributed by atoms with E-state index in [1.165, 1.54) is 0 Å². The van der Waals surface area contributed by atoms with Crippen molar-refractivity contribution in [3.8, 4) is 0 Å². The van der Waals surface area contributed by atoms with Crippen LogP contribution in [0.5, 0.6) is 0 Å². The lowest BCUT2D eigenvalue weighted by atomic mass is 9.97. The summed E-state index contributed by atoms with van der Waals surface area (Å²) in [6.07, 6.45) is 0. The van der Waals surface area contributed by atoms with Crippen LogP contribution in [0.1, 0.15) is 31.9 Å². The Hall–Kier alpha value is -2.10. The van der Waals surface area contributed by atoms with Gasteiger partial charge in [0.2, 0.25) is 0 Å². The van der Waals surface area contributed by atoms with E-state index in [9.17, 15) is 9.59 Å². The van der Waals surface area contributed by atoms with Crippen LogP contribution in [0, 0.1) is 6.92 Å². The summed E-state index contributed by atoms with van der Waals surface area (Å²) in [5.41, 5.74) is 2.35. The fraction of sp³-hybridized carbons (Fsp3) is 0.375. The molecule has 0 atom stereocenters. The normalized spacial score (nSPS) is 9.80. The van der Waals surface area contributed by atoms with Gasteiger partial charge in [0.25, 0.3) is 0 Å². The van der Waals surface area contributed by atoms with Crippen LogP contribution in [-0.2, 0) is 19.1 Å². The van der Waals surface area contributed by atoms with Crippen LogP contribution in [0.25, 0.3) is 5.57 Å². The first-order valence-corrected chi connectivity index (χ1v) is 6.64. The van der Waals surface area contributed by atoms with Crippen molar-refractivity contribution in [2.75, 3.05) is 13.2 Å². The first-order chi connectivity index (χ1) is 9.52. The molecule has 1 rings (SSSR count). The molecule has 1 aromatic carbocycles. The highest BCUT2D eigenvalue weighted by Crippen LogP contribution is 2.23. The number of ether oxygens (including phenoxy) is 2. The first-order valence-electron chi connectivity index (χ1n) is 6.64. The molecule has 0 bridgehead atoms. The summed E-state index contributed by atoms with van der Waals surface area (Å²) in [5.74, 6) is -1.29. The summed E-state index contributed by atoms with van der Waals surface area (Å²) >= 11 is 0. The van der Waals surface area contributed by atoms with Gasteiger partial charge in [-0.2, -0.15) is 0 Å². The molecule has 0 spiro atoms. The van der Waals surface area contributed by atoms with Crippen molar-refractivity contribution in [2.24, 2.45) is 0 Å². The number of esters is 2. The van der Waals surface area contributed by atoms with E-state index in [0.29, 0.717) is 5.57 Å². The zero-order chi connectivity index (χ0) is 15.1. The second kappa shape index (κ2) is 7.48. The van der Waals surface area contributed by atoms with Gasteiger partial charge in [-0.3, -0.25) is 0 Å². The highest BCUT2D eigenvalue weighted by molar-refractivity contribution is 6.19. The minimum absolute atomic E-state index is 0.0389. The van der Waals surface area contributed by atoms with Crippen molar-refractivity contribution in [1.29, 1.82) is 0 Å². The third-order valence-corrected chi connectivity index (χ3v) is 2.88. The van der Waals surface area contributed by atoms with Crippen molar-refractivity contribution >= 4 is 17.5 Å². The molecule has 0 heterocycles. The van der Waals surface area contributed by atoms with Gasteiger partial charge < -0.3 is 9.47 Å². The van der Waals surface area contributed by atoms with Crippen LogP contribution in [0.3, 0.4) is 0 Å². The maximum Gasteiger partial charge on any atom is 0.345 e. The molecule has 20 heavy (non-hydrogen) atoms. The standard InChI is InChI=1S/C16H20O4/c1-5-19-15(17)14(16(18)20-6-2)12(4)13-10-8-7-9-11(13)3/h7-10H,5-6H2,1-4H3. The van der Waals surface area contributed by atoms with E-state index >= 15 is 0 Å². The number of carbonyl (C=O) groups is 2. The maximum absolute atomic E-state index is 12.0. The lowest BCUT2D eigenvalue weighted by molar-refractivity contribution is -0.146. The van der Waals surface area contributed by atoms with E-state index in [4.69, 9.17) is 9.47 Å². The molecule has 0 aromatic heterocycles. The molecule has 0 aliphatic carbocycles. The van der Waals surface area contributed by atoms with Crippen LogP contribution >= 0.6 is 0 Å². The molecule has 0 N–H and O–H groups in total. The van der Waals surface area contributed by atoms with E-state index in [0.717, 1.165) is 11.1 Å². The number of allylic oxidation sites excluding steroid dienone is 1. The Morgan fingerprint density at radius 1 is 1.00 bits per heavy atom. The summed E-state index contributed by atoms with van der Waals surface area (Å²) < 4.78 is 9.91. The van der Waals surface area contributed by atoms with Crippen molar-refractivity contribution < 1.29 is 19.1 Å². The molecule has 0 saturated carbocycles. The van der Waals surface area contributed by atoms with Gasteiger partial charge in [-0.15, -0.1) is 0 Å². The van der Waals surface area contributed by atoms with Crippen LogP contribution < -0.4 is 0 Å². The lowest BCUT2D eigenvalue weighted by Gasteiger charge is -2.12. The lowest BCUT2D eigenvalue weighted by Crippen LogP contribution is -2.20. The van der Waals surface area contributed by atoms with Crippen LogP contribution in [0.4, 0.5) is 0 Å². The molecule has 0 amide bonds. The van der Waals surface area contributed by atoms with E-state index in [1.54, 1.807) is 20.8 Å². The zero-order valence-corrected chi connectivity index (χ0v) is 12.4.